The van der Waals surface area contributed by atoms with Crippen molar-refractivity contribution >= 4 is 21.8 Å². The number of imidazole rings is 1. The van der Waals surface area contributed by atoms with Crippen LogP contribution in [-0.2, 0) is 27.2 Å². The van der Waals surface area contributed by atoms with E-state index in [4.69, 9.17) is 0 Å². The van der Waals surface area contributed by atoms with E-state index in [0.29, 0.717) is 0 Å². The molecule has 0 saturated heterocycles. The Balaban J connectivity index is 0.000000172. The number of hydrogen-bond acceptors (Lipinski definition) is 1. The summed E-state index contributed by atoms with van der Waals surface area (Å²) in [6.45, 7) is 0. The molecule has 0 saturated carbocycles. The van der Waals surface area contributed by atoms with E-state index in [1.807, 2.05) is 78.3 Å². The quantitative estimate of drug-likeness (QED) is 0.182. The van der Waals surface area contributed by atoms with Crippen LogP contribution in [0.4, 0.5) is 0 Å². The fraction of sp³-hybridized carbons (Fsp3) is 0.0345. The van der Waals surface area contributed by atoms with Crippen molar-refractivity contribution in [2.45, 2.75) is 0 Å². The van der Waals surface area contributed by atoms with Gasteiger partial charge in [0.15, 0.2) is 0 Å². The van der Waals surface area contributed by atoms with Gasteiger partial charge >= 0.3 is 20.1 Å². The van der Waals surface area contributed by atoms with Gasteiger partial charge in [0.05, 0.1) is 18.1 Å². The molecule has 4 heteroatoms. The molecule has 3 nitrogen and oxygen atoms in total. The Morgan fingerprint density at radius 1 is 0.788 bits per heavy atom. The second kappa shape index (κ2) is 10.4. The third-order valence-corrected chi connectivity index (χ3v) is 5.27. The zero-order chi connectivity index (χ0) is 21.8. The van der Waals surface area contributed by atoms with Crippen molar-refractivity contribution in [3.63, 3.8) is 0 Å². The van der Waals surface area contributed by atoms with Crippen LogP contribution < -0.4 is 4.57 Å². The molecule has 2 heterocycles. The standard InChI is InChI=1S/C18H13N2.C11H8N.Ir/c1-19-13-20(18-9-5-4-8-17(18)19)16-11-10-14-6-2-3-7-15(14)12-16;1-2-6-10(7-3-1)11-8-4-5-9-12-11;/h2-11H,1H3;1-6,8-9H;/q2*-1;+3. The molecule has 2 aromatic heterocycles. The van der Waals surface area contributed by atoms with Crippen molar-refractivity contribution in [1.29, 1.82) is 0 Å². The summed E-state index contributed by atoms with van der Waals surface area (Å²) in [5.41, 5.74) is 5.33. The van der Waals surface area contributed by atoms with E-state index in [1.54, 1.807) is 6.20 Å². The molecule has 0 N–H and O–H groups in total. The monoisotopic (exact) mass is 604 g/mol. The van der Waals surface area contributed by atoms with Gasteiger partial charge in [0.25, 0.3) is 0 Å². The Hall–Kier alpha value is -3.59. The molecule has 0 fully saturated rings. The maximum atomic E-state index is 4.22. The Morgan fingerprint density at radius 2 is 1.58 bits per heavy atom. The van der Waals surface area contributed by atoms with Crippen molar-refractivity contribution in [1.82, 2.24) is 9.55 Å². The van der Waals surface area contributed by atoms with Crippen LogP contribution >= 0.6 is 0 Å². The molecule has 0 aliphatic rings. The van der Waals surface area contributed by atoms with Gasteiger partial charge in [-0.1, -0.05) is 48.5 Å². The third-order valence-electron chi connectivity index (χ3n) is 5.27. The van der Waals surface area contributed by atoms with E-state index in [1.165, 1.54) is 5.39 Å². The predicted octanol–water partition coefficient (Wildman–Crippen LogP) is 5.75. The molecule has 160 valence electrons. The molecule has 0 aliphatic heterocycles. The minimum Gasteiger partial charge on any atom is -0.336 e. The fourth-order valence-corrected chi connectivity index (χ4v) is 3.69. The number of para-hydroxylation sites is 2. The van der Waals surface area contributed by atoms with Crippen molar-refractivity contribution in [2.75, 3.05) is 0 Å². The normalized spacial score (nSPS) is 10.3. The first-order valence-electron chi connectivity index (χ1n) is 10.5. The Kier molecular flexibility index (Phi) is 7.09. The van der Waals surface area contributed by atoms with E-state index < -0.39 is 0 Å². The topological polar surface area (TPSA) is 21.7 Å². The number of hydrogen-bond donors (Lipinski definition) is 0. The van der Waals surface area contributed by atoms with Gasteiger partial charge in [-0.3, -0.25) is 0 Å². The summed E-state index contributed by atoms with van der Waals surface area (Å²) < 4.78 is 4.07. The molecular formula is C29H21IrN3+. The molecule has 0 spiro atoms. The summed E-state index contributed by atoms with van der Waals surface area (Å²) in [5.74, 6) is 0. The van der Waals surface area contributed by atoms with Gasteiger partial charge in [-0.2, -0.15) is 0 Å². The molecule has 0 bridgehead atoms. The second-order valence-electron chi connectivity index (χ2n) is 7.41. The minimum absolute atomic E-state index is 0. The van der Waals surface area contributed by atoms with Gasteiger partial charge in [0.1, 0.15) is 0 Å². The summed E-state index contributed by atoms with van der Waals surface area (Å²) in [6, 6.07) is 41.1. The fourth-order valence-electron chi connectivity index (χ4n) is 3.69. The molecule has 33 heavy (non-hydrogen) atoms. The van der Waals surface area contributed by atoms with Crippen molar-refractivity contribution in [3.8, 4) is 16.9 Å². The second-order valence-corrected chi connectivity index (χ2v) is 7.41. The Labute approximate surface area is 207 Å². The van der Waals surface area contributed by atoms with Crippen LogP contribution in [0.15, 0.2) is 109 Å². The summed E-state index contributed by atoms with van der Waals surface area (Å²) >= 11 is 0. The number of rotatable bonds is 2. The molecule has 6 aromatic rings. The van der Waals surface area contributed by atoms with Gasteiger partial charge < -0.3 is 14.1 Å². The number of pyridine rings is 1. The third kappa shape index (κ3) is 4.93. The first-order valence-corrected chi connectivity index (χ1v) is 10.5. The molecule has 0 radical (unpaired) electrons. The van der Waals surface area contributed by atoms with E-state index in [0.717, 1.165) is 33.4 Å². The molecule has 4 aromatic carbocycles. The van der Waals surface area contributed by atoms with Crippen LogP contribution in [0.3, 0.4) is 0 Å². The summed E-state index contributed by atoms with van der Waals surface area (Å²) in [7, 11) is 2.01. The first kappa shape index (κ1) is 22.6. The van der Waals surface area contributed by atoms with Crippen molar-refractivity contribution in [2.24, 2.45) is 7.05 Å². The SMILES string of the molecule is C[n+]1[c-]n(-c2[c-]c3ccccc3cc2)c2ccccc21.[Ir+3].[c-]1ccccc1-c1ccccn1. The summed E-state index contributed by atoms with van der Waals surface area (Å²) in [4.78, 5) is 4.22. The summed E-state index contributed by atoms with van der Waals surface area (Å²) in [5, 5.41) is 2.33. The van der Waals surface area contributed by atoms with Crippen LogP contribution in [0.1, 0.15) is 0 Å². The number of fused-ring (bicyclic) bond motifs is 2. The molecule has 0 aliphatic carbocycles. The van der Waals surface area contributed by atoms with Gasteiger partial charge in [-0.25, -0.2) is 0 Å². The van der Waals surface area contributed by atoms with Gasteiger partial charge in [-0.15, -0.1) is 77.0 Å². The van der Waals surface area contributed by atoms with Gasteiger partial charge in [0.2, 0.25) is 6.33 Å². The average molecular weight is 604 g/mol. The van der Waals surface area contributed by atoms with Crippen molar-refractivity contribution < 1.29 is 24.7 Å². The zero-order valence-corrected chi connectivity index (χ0v) is 20.5. The zero-order valence-electron chi connectivity index (χ0n) is 18.1. The van der Waals surface area contributed by atoms with Crippen LogP contribution in [0.25, 0.3) is 38.8 Å². The van der Waals surface area contributed by atoms with Crippen LogP contribution in [-0.4, -0.2) is 9.55 Å². The van der Waals surface area contributed by atoms with E-state index in [9.17, 15) is 0 Å². The Morgan fingerprint density at radius 3 is 2.39 bits per heavy atom. The smallest absolute Gasteiger partial charge is 0.336 e. The molecule has 6 rings (SSSR count). The predicted molar refractivity (Wildman–Crippen MR) is 128 cm³/mol. The Bertz CT molecular complexity index is 1440. The maximum Gasteiger partial charge on any atom is 3.00 e. The van der Waals surface area contributed by atoms with E-state index >= 15 is 0 Å². The van der Waals surface area contributed by atoms with Gasteiger partial charge in [0, 0.05) is 6.20 Å². The van der Waals surface area contributed by atoms with E-state index in [2.05, 4.69) is 64.4 Å². The number of benzene rings is 4. The van der Waals surface area contributed by atoms with Crippen LogP contribution in [0.2, 0.25) is 0 Å². The van der Waals surface area contributed by atoms with E-state index in [-0.39, 0.29) is 20.1 Å². The summed E-state index contributed by atoms with van der Waals surface area (Å²) in [6.07, 6.45) is 5.12. The first-order chi connectivity index (χ1) is 15.8. The van der Waals surface area contributed by atoms with Gasteiger partial charge in [-0.05, 0) is 17.4 Å². The number of nitrogens with zero attached hydrogens (tertiary/aromatic N) is 3. The van der Waals surface area contributed by atoms with Crippen LogP contribution in [0.5, 0.6) is 0 Å². The molecular weight excluding hydrogens is 583 g/mol. The largest absolute Gasteiger partial charge is 3.00 e. The number of aromatic nitrogens is 3. The van der Waals surface area contributed by atoms with Crippen LogP contribution in [0, 0.1) is 18.5 Å². The molecule has 0 unspecified atom stereocenters. The minimum atomic E-state index is 0. The maximum absolute atomic E-state index is 4.22. The molecule has 0 amide bonds. The molecule has 0 atom stereocenters. The van der Waals surface area contributed by atoms with Crippen molar-refractivity contribution in [3.05, 3.63) is 128 Å². The average Bonchev–Trinajstić information content (AvgIpc) is 3.22. The number of aryl methyl sites for hydroxylation is 1.